The van der Waals surface area contributed by atoms with E-state index in [-0.39, 0.29) is 0 Å². The highest BCUT2D eigenvalue weighted by atomic mass is 14.8. The lowest BCUT2D eigenvalue weighted by molar-refractivity contribution is 1.33. The van der Waals surface area contributed by atoms with E-state index in [1.807, 2.05) is 12.1 Å². The van der Waals surface area contributed by atoms with Crippen molar-refractivity contribution in [3.63, 3.8) is 0 Å². The van der Waals surface area contributed by atoms with Gasteiger partial charge in [-0.15, -0.1) is 0 Å². The Morgan fingerprint density at radius 1 is 1.55 bits per heavy atom. The van der Waals surface area contributed by atoms with Crippen molar-refractivity contribution < 1.29 is 0 Å². The molecule has 0 unspecified atom stereocenters. The first kappa shape index (κ1) is 6.09. The zero-order chi connectivity index (χ0) is 7.68. The van der Waals surface area contributed by atoms with Gasteiger partial charge in [0.25, 0.3) is 0 Å². The Labute approximate surface area is 63.6 Å². The molecule has 0 aliphatic heterocycles. The predicted molar refractivity (Wildman–Crippen MR) is 44.0 cm³/mol. The molecule has 0 atom stereocenters. The van der Waals surface area contributed by atoms with Gasteiger partial charge in [0.15, 0.2) is 0 Å². The highest BCUT2D eigenvalue weighted by molar-refractivity contribution is 5.96. The van der Waals surface area contributed by atoms with Gasteiger partial charge in [-0.3, -0.25) is 0 Å². The van der Waals surface area contributed by atoms with Gasteiger partial charge in [0.2, 0.25) is 0 Å². The minimum atomic E-state index is 0.839. The van der Waals surface area contributed by atoms with E-state index in [1.165, 1.54) is 6.21 Å². The Kier molecular flexibility index (Phi) is 1.22. The van der Waals surface area contributed by atoms with Crippen molar-refractivity contribution in [3.05, 3.63) is 30.1 Å². The predicted octanol–water partition coefficient (Wildman–Crippen LogP) is 1.56. The fraction of sp³-hybridized carbons (Fsp3) is 0. The van der Waals surface area contributed by atoms with Gasteiger partial charge in [-0.05, 0) is 12.1 Å². The van der Waals surface area contributed by atoms with E-state index in [9.17, 15) is 0 Å². The van der Waals surface area contributed by atoms with Crippen LogP contribution >= 0.6 is 0 Å². The van der Waals surface area contributed by atoms with Crippen LogP contribution in [-0.4, -0.2) is 16.2 Å². The Bertz CT molecular complexity index is 389. The van der Waals surface area contributed by atoms with E-state index >= 15 is 0 Å². The molecule has 0 amide bonds. The zero-order valence-electron chi connectivity index (χ0n) is 5.83. The summed E-state index contributed by atoms with van der Waals surface area (Å²) in [6, 6.07) is 3.81. The van der Waals surface area contributed by atoms with Crippen LogP contribution in [0.4, 0.5) is 0 Å². The summed E-state index contributed by atoms with van der Waals surface area (Å²) in [5, 5.41) is 8.07. The van der Waals surface area contributed by atoms with Gasteiger partial charge in [0.1, 0.15) is 5.65 Å². The number of nitrogens with one attached hydrogen (secondary N) is 2. The van der Waals surface area contributed by atoms with E-state index in [1.54, 1.807) is 12.4 Å². The maximum Gasteiger partial charge on any atom is 0.137 e. The molecule has 3 heteroatoms. The molecular weight excluding hydrogens is 138 g/mol. The SMILES string of the molecule is N=Cc1c[nH]c2ncccc12. The standard InChI is InChI=1S/C8H7N3/c9-4-6-5-11-8-7(6)2-1-3-10-8/h1-5,9H,(H,10,11). The summed E-state index contributed by atoms with van der Waals surface area (Å²) in [5.74, 6) is 0. The third kappa shape index (κ3) is 0.816. The van der Waals surface area contributed by atoms with Crippen molar-refractivity contribution in [3.8, 4) is 0 Å². The molecule has 0 fully saturated rings. The molecule has 2 aromatic heterocycles. The molecule has 0 radical (unpaired) electrons. The average molecular weight is 145 g/mol. The molecule has 0 aliphatic carbocycles. The summed E-state index contributed by atoms with van der Waals surface area (Å²) < 4.78 is 0. The largest absolute Gasteiger partial charge is 0.345 e. The fourth-order valence-electron chi connectivity index (χ4n) is 1.10. The lowest BCUT2D eigenvalue weighted by Crippen LogP contribution is -1.75. The van der Waals surface area contributed by atoms with Crippen molar-refractivity contribution in [1.82, 2.24) is 9.97 Å². The van der Waals surface area contributed by atoms with Crippen molar-refractivity contribution in [2.45, 2.75) is 0 Å². The van der Waals surface area contributed by atoms with Crippen molar-refractivity contribution in [1.29, 1.82) is 5.41 Å². The molecule has 0 spiro atoms. The second kappa shape index (κ2) is 2.20. The quantitative estimate of drug-likeness (QED) is 0.588. The Balaban J connectivity index is 2.86. The molecule has 0 aromatic carbocycles. The average Bonchev–Trinajstić information content (AvgIpc) is 2.47. The van der Waals surface area contributed by atoms with Gasteiger partial charge >= 0.3 is 0 Å². The van der Waals surface area contributed by atoms with E-state index in [0.29, 0.717) is 0 Å². The third-order valence-electron chi connectivity index (χ3n) is 1.64. The zero-order valence-corrected chi connectivity index (χ0v) is 5.83. The number of hydrogen-bond acceptors (Lipinski definition) is 2. The van der Waals surface area contributed by atoms with Crippen LogP contribution < -0.4 is 0 Å². The molecule has 2 rings (SSSR count). The summed E-state index contributed by atoms with van der Waals surface area (Å²) >= 11 is 0. The summed E-state index contributed by atoms with van der Waals surface area (Å²) in [7, 11) is 0. The van der Waals surface area contributed by atoms with E-state index in [2.05, 4.69) is 9.97 Å². The van der Waals surface area contributed by atoms with Crippen LogP contribution in [0, 0.1) is 5.41 Å². The number of rotatable bonds is 1. The van der Waals surface area contributed by atoms with Crippen LogP contribution in [0.5, 0.6) is 0 Å². The molecule has 2 aromatic rings. The Morgan fingerprint density at radius 2 is 2.45 bits per heavy atom. The Hall–Kier alpha value is -1.64. The topological polar surface area (TPSA) is 52.5 Å². The van der Waals surface area contributed by atoms with Crippen LogP contribution in [-0.2, 0) is 0 Å². The highest BCUT2D eigenvalue weighted by Gasteiger charge is 1.98. The van der Waals surface area contributed by atoms with Gasteiger partial charge in [-0.25, -0.2) is 4.98 Å². The minimum Gasteiger partial charge on any atom is -0.345 e. The number of aromatic nitrogens is 2. The number of nitrogens with zero attached hydrogens (tertiary/aromatic N) is 1. The number of pyridine rings is 1. The van der Waals surface area contributed by atoms with Gasteiger partial charge in [-0.2, -0.15) is 0 Å². The number of H-pyrrole nitrogens is 1. The normalized spacial score (nSPS) is 10.2. The molecule has 11 heavy (non-hydrogen) atoms. The number of aromatic amines is 1. The van der Waals surface area contributed by atoms with Crippen LogP contribution in [0.15, 0.2) is 24.5 Å². The molecule has 0 aliphatic rings. The van der Waals surface area contributed by atoms with Crippen molar-refractivity contribution in [2.24, 2.45) is 0 Å². The van der Waals surface area contributed by atoms with E-state index < -0.39 is 0 Å². The molecule has 0 saturated carbocycles. The Morgan fingerprint density at radius 3 is 3.27 bits per heavy atom. The molecule has 0 saturated heterocycles. The van der Waals surface area contributed by atoms with Crippen LogP contribution in [0.2, 0.25) is 0 Å². The third-order valence-corrected chi connectivity index (χ3v) is 1.64. The maximum atomic E-state index is 7.07. The lowest BCUT2D eigenvalue weighted by Gasteiger charge is -1.86. The van der Waals surface area contributed by atoms with Gasteiger partial charge < -0.3 is 10.4 Å². The van der Waals surface area contributed by atoms with Gasteiger partial charge in [-0.1, -0.05) is 0 Å². The number of fused-ring (bicyclic) bond motifs is 1. The second-order valence-corrected chi connectivity index (χ2v) is 2.29. The molecule has 54 valence electrons. The van der Waals surface area contributed by atoms with Crippen molar-refractivity contribution in [2.75, 3.05) is 0 Å². The van der Waals surface area contributed by atoms with Crippen LogP contribution in [0.3, 0.4) is 0 Å². The van der Waals surface area contributed by atoms with Crippen LogP contribution in [0.1, 0.15) is 5.56 Å². The summed E-state index contributed by atoms with van der Waals surface area (Å²) in [4.78, 5) is 7.07. The van der Waals surface area contributed by atoms with Crippen LogP contribution in [0.25, 0.3) is 11.0 Å². The molecule has 0 bridgehead atoms. The molecule has 3 nitrogen and oxygen atoms in total. The molecule has 2 heterocycles. The summed E-state index contributed by atoms with van der Waals surface area (Å²) in [6.45, 7) is 0. The highest BCUT2D eigenvalue weighted by Crippen LogP contribution is 2.12. The first-order valence-electron chi connectivity index (χ1n) is 3.34. The number of hydrogen-bond donors (Lipinski definition) is 2. The molecular formula is C8H7N3. The van der Waals surface area contributed by atoms with E-state index in [0.717, 1.165) is 16.6 Å². The van der Waals surface area contributed by atoms with Gasteiger partial charge in [0.05, 0.1) is 0 Å². The fourth-order valence-corrected chi connectivity index (χ4v) is 1.10. The smallest absolute Gasteiger partial charge is 0.137 e. The summed E-state index contributed by atoms with van der Waals surface area (Å²) in [5.41, 5.74) is 1.72. The minimum absolute atomic E-state index is 0.839. The summed E-state index contributed by atoms with van der Waals surface area (Å²) in [6.07, 6.45) is 4.83. The first-order chi connectivity index (χ1) is 5.42. The molecule has 2 N–H and O–H groups in total. The monoisotopic (exact) mass is 145 g/mol. The second-order valence-electron chi connectivity index (χ2n) is 2.29. The van der Waals surface area contributed by atoms with Gasteiger partial charge in [0, 0.05) is 29.6 Å². The lowest BCUT2D eigenvalue weighted by atomic mass is 10.2. The van der Waals surface area contributed by atoms with E-state index in [4.69, 9.17) is 5.41 Å². The first-order valence-corrected chi connectivity index (χ1v) is 3.34. The maximum absolute atomic E-state index is 7.07. The van der Waals surface area contributed by atoms with Crippen molar-refractivity contribution >= 4 is 17.2 Å².